The van der Waals surface area contributed by atoms with E-state index in [1.165, 1.54) is 0 Å². The van der Waals surface area contributed by atoms with Crippen molar-refractivity contribution in [3.05, 3.63) is 59.2 Å². The second-order valence-electron chi connectivity index (χ2n) is 9.27. The van der Waals surface area contributed by atoms with Crippen LogP contribution in [0.25, 0.3) is 0 Å². The van der Waals surface area contributed by atoms with Gasteiger partial charge < -0.3 is 9.64 Å². The van der Waals surface area contributed by atoms with Gasteiger partial charge in [0, 0.05) is 52.4 Å². The van der Waals surface area contributed by atoms with Gasteiger partial charge in [0.2, 0.25) is 0 Å². The number of pyridine rings is 2. The maximum atomic E-state index is 12.9. The number of carbonyl (C=O) groups is 1. The van der Waals surface area contributed by atoms with Crippen LogP contribution < -0.4 is 0 Å². The molecule has 0 bridgehead atoms. The van der Waals surface area contributed by atoms with Gasteiger partial charge in [-0.1, -0.05) is 12.1 Å². The van der Waals surface area contributed by atoms with Crippen LogP contribution in [-0.4, -0.2) is 75.6 Å². The fourth-order valence-corrected chi connectivity index (χ4v) is 3.69. The molecule has 0 unspecified atom stereocenters. The zero-order valence-corrected chi connectivity index (χ0v) is 20.1. The largest absolute Gasteiger partial charge is 0.444 e. The Balaban J connectivity index is 1.77. The molecule has 0 spiro atoms. The predicted octanol–water partition coefficient (Wildman–Crippen LogP) is 2.77. The molecule has 34 heavy (non-hydrogen) atoms. The fraction of sp³-hybridized carbons (Fsp3) is 0.480. The van der Waals surface area contributed by atoms with Crippen molar-refractivity contribution in [3.8, 4) is 12.1 Å². The number of aromatic nitrogens is 2. The molecule has 0 N–H and O–H groups in total. The van der Waals surface area contributed by atoms with E-state index in [0.717, 1.165) is 24.5 Å². The molecular formula is C25H31N7O2. The second kappa shape index (κ2) is 11.6. The molecule has 2 aromatic rings. The average molecular weight is 462 g/mol. The number of rotatable bonds is 4. The van der Waals surface area contributed by atoms with E-state index in [1.54, 1.807) is 17.0 Å². The van der Waals surface area contributed by atoms with Gasteiger partial charge >= 0.3 is 6.09 Å². The average Bonchev–Trinajstić information content (AvgIpc) is 2.89. The normalized spacial score (nSPS) is 16.0. The number of carbonyl (C=O) groups excluding carboxylic acids is 1. The fourth-order valence-electron chi connectivity index (χ4n) is 3.69. The number of amides is 1. The molecule has 0 atom stereocenters. The van der Waals surface area contributed by atoms with Crippen LogP contribution in [0.1, 0.15) is 43.5 Å². The molecule has 0 saturated carbocycles. The summed E-state index contributed by atoms with van der Waals surface area (Å²) in [6.45, 7) is 10.6. The minimum absolute atomic E-state index is 0.330. The van der Waals surface area contributed by atoms with Crippen molar-refractivity contribution in [1.29, 1.82) is 10.5 Å². The van der Waals surface area contributed by atoms with Crippen molar-refractivity contribution in [3.63, 3.8) is 0 Å². The Hall–Kier alpha value is -3.53. The third-order valence-corrected chi connectivity index (χ3v) is 5.37. The van der Waals surface area contributed by atoms with E-state index in [4.69, 9.17) is 4.74 Å². The van der Waals surface area contributed by atoms with E-state index in [0.29, 0.717) is 50.7 Å². The van der Waals surface area contributed by atoms with Crippen molar-refractivity contribution in [1.82, 2.24) is 24.7 Å². The first-order chi connectivity index (χ1) is 16.3. The molecular weight excluding hydrogens is 430 g/mol. The van der Waals surface area contributed by atoms with Gasteiger partial charge in [0.15, 0.2) is 0 Å². The predicted molar refractivity (Wildman–Crippen MR) is 126 cm³/mol. The summed E-state index contributed by atoms with van der Waals surface area (Å²) >= 11 is 0. The minimum Gasteiger partial charge on any atom is -0.444 e. The highest BCUT2D eigenvalue weighted by atomic mass is 16.6. The topological polar surface area (TPSA) is 109 Å². The quantitative estimate of drug-likeness (QED) is 0.684. The Morgan fingerprint density at radius 1 is 0.853 bits per heavy atom. The Labute approximate surface area is 201 Å². The molecule has 0 aromatic carbocycles. The zero-order chi connectivity index (χ0) is 24.6. The van der Waals surface area contributed by atoms with Crippen LogP contribution >= 0.6 is 0 Å². The van der Waals surface area contributed by atoms with Crippen LogP contribution in [0, 0.1) is 22.7 Å². The Morgan fingerprint density at radius 2 is 1.29 bits per heavy atom. The Bertz CT molecular complexity index is 996. The summed E-state index contributed by atoms with van der Waals surface area (Å²) in [5.41, 5.74) is 1.84. The van der Waals surface area contributed by atoms with Gasteiger partial charge in [0.25, 0.3) is 0 Å². The van der Waals surface area contributed by atoms with Gasteiger partial charge in [-0.2, -0.15) is 10.5 Å². The number of hydrogen-bond acceptors (Lipinski definition) is 8. The van der Waals surface area contributed by atoms with Crippen molar-refractivity contribution in [2.45, 2.75) is 39.5 Å². The molecule has 0 aliphatic carbocycles. The lowest BCUT2D eigenvalue weighted by Crippen LogP contribution is -2.42. The molecule has 1 aliphatic heterocycles. The molecule has 3 heterocycles. The SMILES string of the molecule is CC(C)(C)OC(=O)N1CCN(Cc2cccc(C#N)n2)CCN(Cc2cccc(C#N)n2)CC1. The number of ether oxygens (including phenoxy) is 1. The highest BCUT2D eigenvalue weighted by Gasteiger charge is 2.25. The monoisotopic (exact) mass is 461 g/mol. The minimum atomic E-state index is -0.571. The molecule has 2 aromatic heterocycles. The van der Waals surface area contributed by atoms with E-state index < -0.39 is 5.60 Å². The second-order valence-corrected chi connectivity index (χ2v) is 9.27. The Kier molecular flexibility index (Phi) is 8.53. The standard InChI is InChI=1S/C25H31N7O2/c1-25(2,3)34-24(33)32-14-12-30(18-22-8-4-6-20(16-26)28-22)10-11-31(13-15-32)19-23-9-5-7-21(17-27)29-23/h4-9H,10-15,18-19H2,1-3H3. The van der Waals surface area contributed by atoms with E-state index >= 15 is 0 Å². The molecule has 1 amide bonds. The van der Waals surface area contributed by atoms with Crippen LogP contribution in [0.2, 0.25) is 0 Å². The lowest BCUT2D eigenvalue weighted by molar-refractivity contribution is 0.0229. The van der Waals surface area contributed by atoms with Crippen molar-refractivity contribution >= 4 is 6.09 Å². The first-order valence-electron chi connectivity index (χ1n) is 11.4. The Morgan fingerprint density at radius 3 is 1.71 bits per heavy atom. The summed E-state index contributed by atoms with van der Waals surface area (Å²) in [6.07, 6.45) is -0.330. The van der Waals surface area contributed by atoms with Crippen LogP contribution in [-0.2, 0) is 17.8 Å². The molecule has 0 radical (unpaired) electrons. The lowest BCUT2D eigenvalue weighted by atomic mass is 10.2. The molecule has 1 fully saturated rings. The van der Waals surface area contributed by atoms with Crippen LogP contribution in [0.4, 0.5) is 4.79 Å². The zero-order valence-electron chi connectivity index (χ0n) is 20.1. The highest BCUT2D eigenvalue weighted by molar-refractivity contribution is 5.68. The molecule has 1 saturated heterocycles. The first kappa shape index (κ1) is 25.1. The summed E-state index contributed by atoms with van der Waals surface area (Å²) in [4.78, 5) is 27.9. The van der Waals surface area contributed by atoms with Gasteiger partial charge in [-0.3, -0.25) is 9.80 Å². The van der Waals surface area contributed by atoms with Crippen LogP contribution in [0.5, 0.6) is 0 Å². The van der Waals surface area contributed by atoms with Crippen molar-refractivity contribution in [2.75, 3.05) is 39.3 Å². The van der Waals surface area contributed by atoms with Crippen LogP contribution in [0.15, 0.2) is 36.4 Å². The first-order valence-corrected chi connectivity index (χ1v) is 11.4. The smallest absolute Gasteiger partial charge is 0.410 e. The van der Waals surface area contributed by atoms with Gasteiger partial charge in [0.05, 0.1) is 11.4 Å². The number of nitrogens with zero attached hydrogens (tertiary/aromatic N) is 7. The van der Waals surface area contributed by atoms with Crippen LogP contribution in [0.3, 0.4) is 0 Å². The van der Waals surface area contributed by atoms with E-state index in [2.05, 4.69) is 31.9 Å². The molecule has 9 heteroatoms. The summed E-state index contributed by atoms with van der Waals surface area (Å²) in [7, 11) is 0. The van der Waals surface area contributed by atoms with Crippen molar-refractivity contribution < 1.29 is 9.53 Å². The summed E-state index contributed by atoms with van der Waals surface area (Å²) in [5.74, 6) is 0. The highest BCUT2D eigenvalue weighted by Crippen LogP contribution is 2.13. The number of hydrogen-bond donors (Lipinski definition) is 0. The van der Waals surface area contributed by atoms with E-state index in [-0.39, 0.29) is 6.09 Å². The van der Waals surface area contributed by atoms with Gasteiger partial charge in [0.1, 0.15) is 29.1 Å². The molecule has 9 nitrogen and oxygen atoms in total. The maximum absolute atomic E-state index is 12.9. The van der Waals surface area contributed by atoms with Gasteiger partial charge in [-0.05, 0) is 45.0 Å². The van der Waals surface area contributed by atoms with E-state index in [9.17, 15) is 15.3 Å². The van der Waals surface area contributed by atoms with E-state index in [1.807, 2.05) is 45.0 Å². The number of nitriles is 2. The lowest BCUT2D eigenvalue weighted by Gasteiger charge is -2.29. The maximum Gasteiger partial charge on any atom is 0.410 e. The summed E-state index contributed by atoms with van der Waals surface area (Å²) < 4.78 is 5.64. The van der Waals surface area contributed by atoms with Gasteiger partial charge in [-0.15, -0.1) is 0 Å². The molecule has 3 rings (SSSR count). The third kappa shape index (κ3) is 7.80. The third-order valence-electron chi connectivity index (χ3n) is 5.37. The molecule has 178 valence electrons. The van der Waals surface area contributed by atoms with Gasteiger partial charge in [-0.25, -0.2) is 14.8 Å². The van der Waals surface area contributed by atoms with Crippen molar-refractivity contribution in [2.24, 2.45) is 0 Å². The summed E-state index contributed by atoms with van der Waals surface area (Å²) in [5, 5.41) is 18.3. The summed E-state index contributed by atoms with van der Waals surface area (Å²) in [6, 6.07) is 15.1. The molecule has 1 aliphatic rings.